The van der Waals surface area contributed by atoms with Crippen LogP contribution in [-0.2, 0) is 0 Å². The molecule has 2 heterocycles. The molecule has 0 radical (unpaired) electrons. The zero-order valence-electron chi connectivity index (χ0n) is 8.11. The maximum absolute atomic E-state index is 4.42. The Hall–Kier alpha value is -1.36. The van der Waals surface area contributed by atoms with Gasteiger partial charge in [-0.25, -0.2) is 4.98 Å². The van der Waals surface area contributed by atoms with Crippen molar-refractivity contribution in [1.82, 2.24) is 15.2 Å². The van der Waals surface area contributed by atoms with Crippen molar-refractivity contribution >= 4 is 17.0 Å². The van der Waals surface area contributed by atoms with E-state index in [1.165, 1.54) is 0 Å². The predicted octanol–water partition coefficient (Wildman–Crippen LogP) is 2.35. The summed E-state index contributed by atoms with van der Waals surface area (Å²) in [5.41, 5.74) is 2.07. The van der Waals surface area contributed by atoms with Crippen LogP contribution in [0, 0.1) is 6.92 Å². The number of H-pyrrole nitrogens is 1. The van der Waals surface area contributed by atoms with Crippen LogP contribution in [0.1, 0.15) is 23.7 Å². The minimum absolute atomic E-state index is 0.220. The molecule has 5 heteroatoms. The number of thiazole rings is 1. The summed E-state index contributed by atoms with van der Waals surface area (Å²) >= 11 is 1.67. The second kappa shape index (κ2) is 3.79. The van der Waals surface area contributed by atoms with Crippen molar-refractivity contribution in [2.75, 3.05) is 5.32 Å². The number of hydrogen-bond donors (Lipinski definition) is 2. The van der Waals surface area contributed by atoms with E-state index in [-0.39, 0.29) is 6.04 Å². The fourth-order valence-electron chi connectivity index (χ4n) is 1.23. The number of aromatic nitrogens is 3. The zero-order valence-corrected chi connectivity index (χ0v) is 8.93. The second-order valence-electron chi connectivity index (χ2n) is 3.14. The lowest BCUT2D eigenvalue weighted by molar-refractivity contribution is 0.845. The van der Waals surface area contributed by atoms with E-state index in [0.29, 0.717) is 0 Å². The molecule has 0 amide bonds. The minimum Gasteiger partial charge on any atom is -0.374 e. The predicted molar refractivity (Wildman–Crippen MR) is 57.5 cm³/mol. The molecule has 0 aliphatic heterocycles. The average Bonchev–Trinajstić information content (AvgIpc) is 2.75. The first-order valence-corrected chi connectivity index (χ1v) is 5.31. The van der Waals surface area contributed by atoms with Gasteiger partial charge in [0.15, 0.2) is 0 Å². The van der Waals surface area contributed by atoms with Gasteiger partial charge in [0.05, 0.1) is 28.6 Å². The molecule has 2 N–H and O–H groups in total. The summed E-state index contributed by atoms with van der Waals surface area (Å²) in [7, 11) is 0. The molecule has 0 saturated heterocycles. The molecule has 0 spiro atoms. The van der Waals surface area contributed by atoms with Crippen LogP contribution in [0.2, 0.25) is 0 Å². The Morgan fingerprint density at radius 2 is 2.43 bits per heavy atom. The highest BCUT2D eigenvalue weighted by molar-refractivity contribution is 7.09. The molecule has 1 unspecified atom stereocenters. The molecule has 0 saturated carbocycles. The van der Waals surface area contributed by atoms with Gasteiger partial charge in [-0.05, 0) is 13.8 Å². The fraction of sp³-hybridized carbons (Fsp3) is 0.333. The van der Waals surface area contributed by atoms with E-state index in [2.05, 4.69) is 32.8 Å². The zero-order chi connectivity index (χ0) is 9.97. The molecule has 74 valence electrons. The summed E-state index contributed by atoms with van der Waals surface area (Å²) in [4.78, 5) is 4.42. The summed E-state index contributed by atoms with van der Waals surface area (Å²) in [6.45, 7) is 4.10. The first-order chi connectivity index (χ1) is 6.75. The van der Waals surface area contributed by atoms with E-state index in [0.717, 1.165) is 16.4 Å². The van der Waals surface area contributed by atoms with Crippen LogP contribution in [-0.4, -0.2) is 15.2 Å². The van der Waals surface area contributed by atoms with Crippen LogP contribution in [0.25, 0.3) is 0 Å². The van der Waals surface area contributed by atoms with Gasteiger partial charge in [-0.2, -0.15) is 5.10 Å². The second-order valence-corrected chi connectivity index (χ2v) is 4.21. The molecular weight excluding hydrogens is 196 g/mol. The van der Waals surface area contributed by atoms with Crippen LogP contribution < -0.4 is 5.32 Å². The van der Waals surface area contributed by atoms with Gasteiger partial charge < -0.3 is 5.32 Å². The van der Waals surface area contributed by atoms with E-state index >= 15 is 0 Å². The SMILES string of the molecule is Cc1nc(C(C)Nc2cn[nH]c2)cs1. The molecule has 2 rings (SSSR count). The quantitative estimate of drug-likeness (QED) is 0.814. The Morgan fingerprint density at radius 1 is 1.57 bits per heavy atom. The smallest absolute Gasteiger partial charge is 0.0898 e. The highest BCUT2D eigenvalue weighted by atomic mass is 32.1. The summed E-state index contributed by atoms with van der Waals surface area (Å²) in [6.07, 6.45) is 3.59. The first-order valence-electron chi connectivity index (χ1n) is 4.43. The maximum Gasteiger partial charge on any atom is 0.0898 e. The fourth-order valence-corrected chi connectivity index (χ4v) is 1.94. The Kier molecular flexibility index (Phi) is 2.49. The molecular formula is C9H12N4S. The van der Waals surface area contributed by atoms with E-state index < -0.39 is 0 Å². The van der Waals surface area contributed by atoms with Gasteiger partial charge in [0.1, 0.15) is 0 Å². The summed E-state index contributed by atoms with van der Waals surface area (Å²) in [5, 5.41) is 13.1. The molecule has 2 aromatic heterocycles. The highest BCUT2D eigenvalue weighted by Crippen LogP contribution is 2.19. The summed E-state index contributed by atoms with van der Waals surface area (Å²) in [5.74, 6) is 0. The lowest BCUT2D eigenvalue weighted by atomic mass is 10.2. The van der Waals surface area contributed by atoms with Gasteiger partial charge in [-0.15, -0.1) is 11.3 Å². The van der Waals surface area contributed by atoms with Gasteiger partial charge in [-0.1, -0.05) is 0 Å². The molecule has 4 nitrogen and oxygen atoms in total. The van der Waals surface area contributed by atoms with Gasteiger partial charge in [0.2, 0.25) is 0 Å². The number of aryl methyl sites for hydroxylation is 1. The molecule has 0 aliphatic rings. The molecule has 0 fully saturated rings. The lowest BCUT2D eigenvalue weighted by Gasteiger charge is -2.10. The van der Waals surface area contributed by atoms with Crippen LogP contribution in [0.3, 0.4) is 0 Å². The van der Waals surface area contributed by atoms with E-state index in [4.69, 9.17) is 0 Å². The van der Waals surface area contributed by atoms with Crippen LogP contribution in [0.5, 0.6) is 0 Å². The largest absolute Gasteiger partial charge is 0.374 e. The Labute approximate surface area is 86.4 Å². The lowest BCUT2D eigenvalue weighted by Crippen LogP contribution is -2.06. The number of nitrogens with zero attached hydrogens (tertiary/aromatic N) is 2. The molecule has 2 aromatic rings. The van der Waals surface area contributed by atoms with Gasteiger partial charge in [-0.3, -0.25) is 5.10 Å². The van der Waals surface area contributed by atoms with Crippen molar-refractivity contribution < 1.29 is 0 Å². The number of anilines is 1. The molecule has 0 aromatic carbocycles. The first kappa shape index (κ1) is 9.21. The van der Waals surface area contributed by atoms with Crippen molar-refractivity contribution in [2.24, 2.45) is 0 Å². The van der Waals surface area contributed by atoms with Crippen molar-refractivity contribution in [3.05, 3.63) is 28.5 Å². The normalized spacial score (nSPS) is 12.7. The topological polar surface area (TPSA) is 53.6 Å². The van der Waals surface area contributed by atoms with E-state index in [9.17, 15) is 0 Å². The minimum atomic E-state index is 0.220. The molecule has 1 atom stereocenters. The number of nitrogens with one attached hydrogen (secondary N) is 2. The highest BCUT2D eigenvalue weighted by Gasteiger charge is 2.08. The average molecular weight is 208 g/mol. The maximum atomic E-state index is 4.42. The van der Waals surface area contributed by atoms with Crippen molar-refractivity contribution in [2.45, 2.75) is 19.9 Å². The van der Waals surface area contributed by atoms with Crippen molar-refractivity contribution in [3.63, 3.8) is 0 Å². The van der Waals surface area contributed by atoms with Gasteiger partial charge >= 0.3 is 0 Å². The number of rotatable bonds is 3. The summed E-state index contributed by atoms with van der Waals surface area (Å²) in [6, 6.07) is 0.220. The third kappa shape index (κ3) is 1.93. The van der Waals surface area contributed by atoms with Crippen molar-refractivity contribution in [3.8, 4) is 0 Å². The van der Waals surface area contributed by atoms with Crippen LogP contribution >= 0.6 is 11.3 Å². The molecule has 14 heavy (non-hydrogen) atoms. The Morgan fingerprint density at radius 3 is 3.00 bits per heavy atom. The summed E-state index contributed by atoms with van der Waals surface area (Å²) < 4.78 is 0. The third-order valence-electron chi connectivity index (χ3n) is 1.96. The van der Waals surface area contributed by atoms with Crippen LogP contribution in [0.4, 0.5) is 5.69 Å². The molecule has 0 aliphatic carbocycles. The monoisotopic (exact) mass is 208 g/mol. The van der Waals surface area contributed by atoms with E-state index in [1.54, 1.807) is 17.5 Å². The van der Waals surface area contributed by atoms with Gasteiger partial charge in [0.25, 0.3) is 0 Å². The Balaban J connectivity index is 2.06. The van der Waals surface area contributed by atoms with Gasteiger partial charge in [0, 0.05) is 11.6 Å². The molecule has 0 bridgehead atoms. The van der Waals surface area contributed by atoms with Crippen LogP contribution in [0.15, 0.2) is 17.8 Å². The Bertz CT molecular complexity index is 393. The number of aromatic amines is 1. The van der Waals surface area contributed by atoms with Crippen molar-refractivity contribution in [1.29, 1.82) is 0 Å². The van der Waals surface area contributed by atoms with E-state index in [1.807, 2.05) is 13.1 Å². The number of hydrogen-bond acceptors (Lipinski definition) is 4. The third-order valence-corrected chi connectivity index (χ3v) is 2.75. The standard InChI is InChI=1S/C9H12N4S/c1-6(9-5-14-7(2)13-9)12-8-3-10-11-4-8/h3-6,12H,1-2H3,(H,10,11).